The first-order valence-corrected chi connectivity index (χ1v) is 10.2. The maximum absolute atomic E-state index is 13.0. The lowest BCUT2D eigenvalue weighted by atomic mass is 9.93. The molecule has 0 bridgehead atoms. The lowest BCUT2D eigenvalue weighted by Gasteiger charge is -2.33. The van der Waals surface area contributed by atoms with E-state index in [-0.39, 0.29) is 17.1 Å². The van der Waals surface area contributed by atoms with Crippen molar-refractivity contribution in [2.45, 2.75) is 52.3 Å². The molecule has 5 nitrogen and oxygen atoms in total. The minimum absolute atomic E-state index is 0.00786. The molecule has 2 aliphatic rings. The van der Waals surface area contributed by atoms with Gasteiger partial charge in [0.15, 0.2) is 5.17 Å². The molecular weight excluding hydrogens is 360 g/mol. The normalized spacial score (nSPS) is 22.2. The first kappa shape index (κ1) is 19.7. The van der Waals surface area contributed by atoms with Crippen molar-refractivity contribution in [3.63, 3.8) is 0 Å². The van der Waals surface area contributed by atoms with E-state index in [1.807, 2.05) is 58.9 Å². The van der Waals surface area contributed by atoms with Crippen LogP contribution in [0.5, 0.6) is 0 Å². The number of carbonyl (C=O) groups is 2. The molecule has 3 rings (SSSR count). The number of amides is 1. The fraction of sp³-hybridized carbons (Fsp3) is 0.476. The molecule has 1 aromatic rings. The van der Waals surface area contributed by atoms with Crippen molar-refractivity contribution in [1.82, 2.24) is 4.90 Å². The quantitative estimate of drug-likeness (QED) is 0.711. The van der Waals surface area contributed by atoms with Crippen molar-refractivity contribution in [2.75, 3.05) is 6.61 Å². The van der Waals surface area contributed by atoms with Crippen LogP contribution in [0.3, 0.4) is 0 Å². The fourth-order valence-electron chi connectivity index (χ4n) is 3.23. The summed E-state index contributed by atoms with van der Waals surface area (Å²) in [5.74, 6) is -0.149. The summed E-state index contributed by atoms with van der Waals surface area (Å²) in [6.45, 7) is 10.2. The van der Waals surface area contributed by atoms with E-state index >= 15 is 0 Å². The average molecular weight is 387 g/mol. The van der Waals surface area contributed by atoms with Gasteiger partial charge in [-0.05, 0) is 31.7 Å². The number of nitrogens with zero attached hydrogens (tertiary/aromatic N) is 2. The molecule has 1 aromatic carbocycles. The van der Waals surface area contributed by atoms with Crippen molar-refractivity contribution in [2.24, 2.45) is 10.9 Å². The van der Waals surface area contributed by atoms with Gasteiger partial charge >= 0.3 is 5.97 Å². The van der Waals surface area contributed by atoms with Gasteiger partial charge in [0, 0.05) is 0 Å². The highest BCUT2D eigenvalue weighted by atomic mass is 32.2. The highest BCUT2D eigenvalue weighted by Gasteiger charge is 2.47. The molecule has 1 saturated heterocycles. The molecule has 0 unspecified atom stereocenters. The average Bonchev–Trinajstić information content (AvgIpc) is 2.94. The van der Waals surface area contributed by atoms with Gasteiger partial charge in [-0.2, -0.15) is 0 Å². The maximum Gasteiger partial charge on any atom is 0.338 e. The number of hydrogen-bond acceptors (Lipinski definition) is 5. The molecule has 1 fully saturated rings. The molecule has 0 saturated carbocycles. The lowest BCUT2D eigenvalue weighted by molar-refractivity contribution is -0.141. The Morgan fingerprint density at radius 1 is 1.26 bits per heavy atom. The summed E-state index contributed by atoms with van der Waals surface area (Å²) < 4.78 is 5.51. The minimum Gasteiger partial charge on any atom is -0.462 e. The van der Waals surface area contributed by atoms with Gasteiger partial charge in [-0.25, -0.2) is 9.79 Å². The summed E-state index contributed by atoms with van der Waals surface area (Å²) in [6, 6.07) is 7.46. The van der Waals surface area contributed by atoms with Gasteiger partial charge in [-0.1, -0.05) is 62.4 Å². The van der Waals surface area contributed by atoms with Gasteiger partial charge in [0.1, 0.15) is 0 Å². The van der Waals surface area contributed by atoms with Crippen LogP contribution in [0.4, 0.5) is 0 Å². The molecule has 27 heavy (non-hydrogen) atoms. The number of hydrogen-bond donors (Lipinski definition) is 0. The largest absolute Gasteiger partial charge is 0.462 e. The molecule has 2 atom stereocenters. The zero-order chi connectivity index (χ0) is 19.7. The van der Waals surface area contributed by atoms with Crippen LogP contribution in [0.15, 0.2) is 40.5 Å². The number of rotatable bonds is 5. The molecule has 144 valence electrons. The topological polar surface area (TPSA) is 59.0 Å². The molecule has 1 amide bonds. The lowest BCUT2D eigenvalue weighted by Crippen LogP contribution is -2.41. The van der Waals surface area contributed by atoms with Crippen molar-refractivity contribution in [3.8, 4) is 0 Å². The molecule has 0 radical (unpaired) electrons. The Morgan fingerprint density at radius 3 is 2.52 bits per heavy atom. The standard InChI is InChI=1S/C21H26N2O3S/c1-6-16-19(24)23-18(15-9-7-13(4)8-10-15)17(14(5)22-21(23)27-16)20(25)26-11-12(2)3/h7-10,12,16,18H,6,11H2,1-5H3/t16-,18+/m0/s1. The number of amidine groups is 1. The molecule has 0 spiro atoms. The van der Waals surface area contributed by atoms with Crippen molar-refractivity contribution >= 4 is 28.8 Å². The van der Waals surface area contributed by atoms with Gasteiger partial charge in [-0.15, -0.1) is 0 Å². The van der Waals surface area contributed by atoms with E-state index in [2.05, 4.69) is 4.99 Å². The Balaban J connectivity index is 2.06. The van der Waals surface area contributed by atoms with Crippen molar-refractivity contribution < 1.29 is 14.3 Å². The van der Waals surface area contributed by atoms with Gasteiger partial charge < -0.3 is 4.74 Å². The van der Waals surface area contributed by atoms with Crippen LogP contribution < -0.4 is 0 Å². The summed E-state index contributed by atoms with van der Waals surface area (Å²) in [7, 11) is 0. The van der Waals surface area contributed by atoms with Gasteiger partial charge in [0.2, 0.25) is 5.91 Å². The van der Waals surface area contributed by atoms with E-state index in [4.69, 9.17) is 4.74 Å². The number of fused-ring (bicyclic) bond motifs is 1. The number of esters is 1. The van der Waals surface area contributed by atoms with Crippen LogP contribution in [0.1, 0.15) is 51.3 Å². The second-order valence-electron chi connectivity index (χ2n) is 7.42. The number of carbonyl (C=O) groups excluding carboxylic acids is 2. The second-order valence-corrected chi connectivity index (χ2v) is 8.59. The smallest absolute Gasteiger partial charge is 0.338 e. The summed E-state index contributed by atoms with van der Waals surface area (Å²) in [5, 5.41) is 0.519. The van der Waals surface area contributed by atoms with E-state index in [1.165, 1.54) is 11.8 Å². The van der Waals surface area contributed by atoms with E-state index in [9.17, 15) is 9.59 Å². The predicted octanol–water partition coefficient (Wildman–Crippen LogP) is 4.23. The SMILES string of the molecule is CC[C@@H]1SC2=NC(C)=C(C(=O)OCC(C)C)[C@@H](c3ccc(C)cc3)N2C1=O. The Labute approximate surface area is 164 Å². The van der Waals surface area contributed by atoms with Crippen molar-refractivity contribution in [3.05, 3.63) is 46.7 Å². The van der Waals surface area contributed by atoms with Gasteiger partial charge in [-0.3, -0.25) is 9.69 Å². The number of thioether (sulfide) groups is 1. The van der Waals surface area contributed by atoms with Crippen LogP contribution in [0, 0.1) is 12.8 Å². The molecule has 2 aliphatic heterocycles. The summed E-state index contributed by atoms with van der Waals surface area (Å²) in [5.41, 5.74) is 3.10. The highest BCUT2D eigenvalue weighted by Crippen LogP contribution is 2.44. The van der Waals surface area contributed by atoms with Gasteiger partial charge in [0.05, 0.1) is 29.2 Å². The van der Waals surface area contributed by atoms with E-state index in [1.54, 1.807) is 4.90 Å². The third-order valence-corrected chi connectivity index (χ3v) is 6.00. The van der Waals surface area contributed by atoms with E-state index < -0.39 is 12.0 Å². The van der Waals surface area contributed by atoms with Gasteiger partial charge in [0.25, 0.3) is 0 Å². The van der Waals surface area contributed by atoms with Crippen LogP contribution in [-0.2, 0) is 14.3 Å². The molecule has 2 heterocycles. The molecule has 0 aromatic heterocycles. The first-order chi connectivity index (χ1) is 12.8. The number of allylic oxidation sites excluding steroid dienone is 1. The number of benzene rings is 1. The Morgan fingerprint density at radius 2 is 1.93 bits per heavy atom. The Kier molecular flexibility index (Phi) is 5.75. The molecular formula is C21H26N2O3S. The number of aryl methyl sites for hydroxylation is 1. The minimum atomic E-state index is -0.491. The van der Waals surface area contributed by atoms with Crippen LogP contribution >= 0.6 is 11.8 Å². The predicted molar refractivity (Wildman–Crippen MR) is 108 cm³/mol. The maximum atomic E-state index is 13.0. The third kappa shape index (κ3) is 3.81. The van der Waals surface area contributed by atoms with Crippen LogP contribution in [-0.4, -0.2) is 33.8 Å². The second kappa shape index (κ2) is 7.89. The number of ether oxygens (including phenoxy) is 1. The zero-order valence-corrected chi connectivity index (χ0v) is 17.3. The van der Waals surface area contributed by atoms with Crippen molar-refractivity contribution in [1.29, 1.82) is 0 Å². The molecule has 0 N–H and O–H groups in total. The monoisotopic (exact) mass is 386 g/mol. The summed E-state index contributed by atoms with van der Waals surface area (Å²) >= 11 is 1.48. The summed E-state index contributed by atoms with van der Waals surface area (Å²) in [4.78, 5) is 32.2. The van der Waals surface area contributed by atoms with E-state index in [0.29, 0.717) is 23.0 Å². The Bertz CT molecular complexity index is 811. The molecule has 0 aliphatic carbocycles. The van der Waals surface area contributed by atoms with Crippen LogP contribution in [0.2, 0.25) is 0 Å². The fourth-order valence-corrected chi connectivity index (χ4v) is 4.37. The number of aliphatic imine (C=N–C) groups is 1. The summed E-state index contributed by atoms with van der Waals surface area (Å²) in [6.07, 6.45) is 0.728. The van der Waals surface area contributed by atoms with E-state index in [0.717, 1.165) is 17.5 Å². The zero-order valence-electron chi connectivity index (χ0n) is 16.5. The molecule has 6 heteroatoms. The highest BCUT2D eigenvalue weighted by molar-refractivity contribution is 8.15. The third-order valence-electron chi connectivity index (χ3n) is 4.68. The Hall–Kier alpha value is -2.08. The first-order valence-electron chi connectivity index (χ1n) is 9.36. The van der Waals surface area contributed by atoms with Crippen LogP contribution in [0.25, 0.3) is 0 Å².